The highest BCUT2D eigenvalue weighted by atomic mass is 79.9. The van der Waals surface area contributed by atoms with E-state index in [1.165, 1.54) is 31.2 Å². The van der Waals surface area contributed by atoms with Crippen molar-refractivity contribution in [2.24, 2.45) is 0 Å². The molecule has 0 heterocycles. The summed E-state index contributed by atoms with van der Waals surface area (Å²) in [5.74, 6) is 0. The molecule has 1 rings (SSSR count). The second-order valence-corrected chi connectivity index (χ2v) is 5.50. The molecule has 0 bridgehead atoms. The predicted octanol–water partition coefficient (Wildman–Crippen LogP) is 4.55. The topological polar surface area (TPSA) is 12.0 Å². The first kappa shape index (κ1) is 14.7. The molecular formula is C15H24BrN. The third-order valence-electron chi connectivity index (χ3n) is 3.04. The van der Waals surface area contributed by atoms with Crippen molar-refractivity contribution in [3.63, 3.8) is 0 Å². The van der Waals surface area contributed by atoms with Gasteiger partial charge in [0.2, 0.25) is 0 Å². The van der Waals surface area contributed by atoms with Gasteiger partial charge in [-0.1, -0.05) is 61.2 Å². The van der Waals surface area contributed by atoms with Crippen LogP contribution in [0.3, 0.4) is 0 Å². The van der Waals surface area contributed by atoms with Crippen molar-refractivity contribution < 1.29 is 0 Å². The Balaban J connectivity index is 2.44. The number of likely N-dealkylation sites (N-methyl/N-ethyl adjacent to an activating group) is 1. The van der Waals surface area contributed by atoms with Gasteiger partial charge >= 0.3 is 0 Å². The summed E-state index contributed by atoms with van der Waals surface area (Å²) < 4.78 is 1.16. The number of rotatable bonds is 8. The van der Waals surface area contributed by atoms with E-state index in [4.69, 9.17) is 0 Å². The molecule has 0 aliphatic rings. The predicted molar refractivity (Wildman–Crippen MR) is 79.5 cm³/mol. The van der Waals surface area contributed by atoms with Crippen LogP contribution in [0.1, 0.15) is 45.1 Å². The fraction of sp³-hybridized carbons (Fsp3) is 0.600. The molecule has 1 N–H and O–H groups in total. The van der Waals surface area contributed by atoms with Crippen molar-refractivity contribution in [2.75, 3.05) is 6.54 Å². The molecule has 96 valence electrons. The highest BCUT2D eigenvalue weighted by molar-refractivity contribution is 9.10. The Morgan fingerprint density at radius 2 is 1.82 bits per heavy atom. The van der Waals surface area contributed by atoms with Gasteiger partial charge < -0.3 is 5.32 Å². The molecule has 2 heteroatoms. The molecule has 0 spiro atoms. The number of nitrogens with one attached hydrogen (secondary N) is 1. The molecule has 0 amide bonds. The van der Waals surface area contributed by atoms with Crippen LogP contribution >= 0.6 is 15.9 Å². The van der Waals surface area contributed by atoms with Crippen LogP contribution in [0.4, 0.5) is 0 Å². The van der Waals surface area contributed by atoms with Crippen LogP contribution in [0.25, 0.3) is 0 Å². The zero-order chi connectivity index (χ0) is 12.5. The minimum Gasteiger partial charge on any atom is -0.314 e. The van der Waals surface area contributed by atoms with Crippen molar-refractivity contribution in [1.29, 1.82) is 0 Å². The summed E-state index contributed by atoms with van der Waals surface area (Å²) in [5, 5.41) is 3.59. The number of hydrogen-bond acceptors (Lipinski definition) is 1. The van der Waals surface area contributed by atoms with Crippen LogP contribution in [-0.2, 0) is 6.42 Å². The van der Waals surface area contributed by atoms with E-state index < -0.39 is 0 Å². The third-order valence-corrected chi connectivity index (χ3v) is 3.57. The highest BCUT2D eigenvalue weighted by Gasteiger charge is 2.07. The van der Waals surface area contributed by atoms with Gasteiger partial charge in [0.15, 0.2) is 0 Å². The minimum absolute atomic E-state index is 0.632. The molecule has 0 aromatic heterocycles. The Morgan fingerprint density at radius 3 is 2.41 bits per heavy atom. The van der Waals surface area contributed by atoms with E-state index in [2.05, 4.69) is 59.4 Å². The quantitative estimate of drug-likeness (QED) is 0.694. The van der Waals surface area contributed by atoms with Crippen LogP contribution in [0.5, 0.6) is 0 Å². The Hall–Kier alpha value is -0.340. The molecule has 0 aliphatic heterocycles. The maximum Gasteiger partial charge on any atom is 0.0175 e. The van der Waals surface area contributed by atoms with E-state index in [0.717, 1.165) is 17.4 Å². The molecule has 0 fully saturated rings. The molecule has 0 aliphatic carbocycles. The summed E-state index contributed by atoms with van der Waals surface area (Å²) in [7, 11) is 0. The molecule has 0 saturated carbocycles. The summed E-state index contributed by atoms with van der Waals surface area (Å²) >= 11 is 3.48. The average molecular weight is 298 g/mol. The maximum absolute atomic E-state index is 3.59. The van der Waals surface area contributed by atoms with Crippen molar-refractivity contribution in [2.45, 2.75) is 52.0 Å². The summed E-state index contributed by atoms with van der Waals surface area (Å²) in [5.41, 5.74) is 1.43. The van der Waals surface area contributed by atoms with E-state index in [1.54, 1.807) is 0 Å². The van der Waals surface area contributed by atoms with Gasteiger partial charge in [0, 0.05) is 10.5 Å². The summed E-state index contributed by atoms with van der Waals surface area (Å²) in [4.78, 5) is 0. The lowest BCUT2D eigenvalue weighted by molar-refractivity contribution is 0.467. The monoisotopic (exact) mass is 297 g/mol. The summed E-state index contributed by atoms with van der Waals surface area (Å²) in [6.45, 7) is 5.51. The van der Waals surface area contributed by atoms with E-state index in [0.29, 0.717) is 6.04 Å². The zero-order valence-electron chi connectivity index (χ0n) is 11.0. The Morgan fingerprint density at radius 1 is 1.12 bits per heavy atom. The average Bonchev–Trinajstić information content (AvgIpc) is 2.32. The first-order valence-corrected chi connectivity index (χ1v) is 7.53. The third kappa shape index (κ3) is 6.23. The van der Waals surface area contributed by atoms with Crippen LogP contribution in [0.2, 0.25) is 0 Å². The van der Waals surface area contributed by atoms with Gasteiger partial charge in [-0.2, -0.15) is 0 Å². The molecule has 0 radical (unpaired) electrons. The van der Waals surface area contributed by atoms with Gasteiger partial charge in [0.1, 0.15) is 0 Å². The van der Waals surface area contributed by atoms with Crippen LogP contribution in [-0.4, -0.2) is 12.6 Å². The SMILES string of the molecule is CCCCCC(Cc1ccc(Br)cc1)NCC. The van der Waals surface area contributed by atoms with Gasteiger partial charge in [0.25, 0.3) is 0 Å². The summed E-state index contributed by atoms with van der Waals surface area (Å²) in [6.07, 6.45) is 6.42. The lowest BCUT2D eigenvalue weighted by Crippen LogP contribution is -2.30. The van der Waals surface area contributed by atoms with Gasteiger partial charge in [-0.3, -0.25) is 0 Å². The largest absolute Gasteiger partial charge is 0.314 e. The second kappa shape index (κ2) is 8.71. The van der Waals surface area contributed by atoms with E-state index >= 15 is 0 Å². The molecule has 1 aromatic rings. The van der Waals surface area contributed by atoms with Gasteiger partial charge in [-0.05, 0) is 37.1 Å². The normalized spacial score (nSPS) is 12.6. The molecule has 0 saturated heterocycles. The molecule has 1 atom stereocenters. The standard InChI is InChI=1S/C15H24BrN/c1-3-5-6-7-15(17-4-2)12-13-8-10-14(16)11-9-13/h8-11,15,17H,3-7,12H2,1-2H3. The maximum atomic E-state index is 3.59. The lowest BCUT2D eigenvalue weighted by atomic mass is 10.0. The van der Waals surface area contributed by atoms with Gasteiger partial charge in [-0.25, -0.2) is 0 Å². The first-order valence-electron chi connectivity index (χ1n) is 6.74. The van der Waals surface area contributed by atoms with Crippen LogP contribution in [0, 0.1) is 0 Å². The van der Waals surface area contributed by atoms with Crippen LogP contribution in [0.15, 0.2) is 28.7 Å². The van der Waals surface area contributed by atoms with Crippen molar-refractivity contribution in [3.8, 4) is 0 Å². The molecule has 1 nitrogen and oxygen atoms in total. The molecule has 1 unspecified atom stereocenters. The Bertz CT molecular complexity index is 294. The Kier molecular flexibility index (Phi) is 7.54. The van der Waals surface area contributed by atoms with Crippen molar-refractivity contribution >= 4 is 15.9 Å². The summed E-state index contributed by atoms with van der Waals surface area (Å²) in [6, 6.07) is 9.32. The molecule has 17 heavy (non-hydrogen) atoms. The highest BCUT2D eigenvalue weighted by Crippen LogP contribution is 2.14. The fourth-order valence-electron chi connectivity index (χ4n) is 2.11. The number of hydrogen-bond donors (Lipinski definition) is 1. The van der Waals surface area contributed by atoms with Crippen molar-refractivity contribution in [3.05, 3.63) is 34.3 Å². The zero-order valence-corrected chi connectivity index (χ0v) is 12.6. The second-order valence-electron chi connectivity index (χ2n) is 4.58. The lowest BCUT2D eigenvalue weighted by Gasteiger charge is -2.17. The van der Waals surface area contributed by atoms with E-state index in [9.17, 15) is 0 Å². The number of benzene rings is 1. The first-order chi connectivity index (χ1) is 8.26. The smallest absolute Gasteiger partial charge is 0.0175 e. The Labute approximate surface area is 114 Å². The van der Waals surface area contributed by atoms with Gasteiger partial charge in [-0.15, -0.1) is 0 Å². The fourth-order valence-corrected chi connectivity index (χ4v) is 2.38. The molecular weight excluding hydrogens is 274 g/mol. The van der Waals surface area contributed by atoms with E-state index in [-0.39, 0.29) is 0 Å². The van der Waals surface area contributed by atoms with Crippen molar-refractivity contribution in [1.82, 2.24) is 5.32 Å². The van der Waals surface area contributed by atoms with Crippen LogP contribution < -0.4 is 5.32 Å². The van der Waals surface area contributed by atoms with E-state index in [1.807, 2.05) is 0 Å². The number of unbranched alkanes of at least 4 members (excludes halogenated alkanes) is 2. The number of halogens is 1. The van der Waals surface area contributed by atoms with Gasteiger partial charge in [0.05, 0.1) is 0 Å². The molecule has 1 aromatic carbocycles. The minimum atomic E-state index is 0.632.